The number of carbonyl (C=O) groups excluding carboxylic acids is 1. The fraction of sp³-hybridized carbons (Fsp3) is 0. The Morgan fingerprint density at radius 1 is 0.800 bits per heavy atom. The summed E-state index contributed by atoms with van der Waals surface area (Å²) < 4.78 is 32.3. The van der Waals surface area contributed by atoms with Crippen LogP contribution in [0.4, 0.5) is 5.69 Å². The molecule has 0 radical (unpaired) electrons. The number of nitrogens with one attached hydrogen (secondary N) is 1. The number of rotatable bonds is 4. The van der Waals surface area contributed by atoms with Gasteiger partial charge in [0.25, 0.3) is 16.0 Å². The topological polar surface area (TPSA) is 83.5 Å². The lowest BCUT2D eigenvalue weighted by atomic mass is 10.0. The summed E-state index contributed by atoms with van der Waals surface area (Å²) in [5.41, 5.74) is 2.15. The molecule has 0 spiro atoms. The Labute approximate surface area is 145 Å². The third kappa shape index (κ3) is 3.76. The van der Waals surface area contributed by atoms with E-state index in [9.17, 15) is 17.8 Å². The van der Waals surface area contributed by atoms with Crippen LogP contribution >= 0.6 is 0 Å². The summed E-state index contributed by atoms with van der Waals surface area (Å²) >= 11 is 0. The van der Waals surface area contributed by atoms with E-state index in [1.165, 1.54) is 24.3 Å². The average Bonchev–Trinajstić information content (AvgIpc) is 2.62. The molecule has 0 heterocycles. The van der Waals surface area contributed by atoms with Crippen molar-refractivity contribution in [3.63, 3.8) is 0 Å². The summed E-state index contributed by atoms with van der Waals surface area (Å²) in [5, 5.41) is 2.72. The van der Waals surface area contributed by atoms with Gasteiger partial charge in [0, 0.05) is 11.3 Å². The van der Waals surface area contributed by atoms with E-state index in [2.05, 4.69) is 5.32 Å². The van der Waals surface area contributed by atoms with Gasteiger partial charge in [0.2, 0.25) is 0 Å². The molecule has 126 valence electrons. The second-order valence-corrected chi connectivity index (χ2v) is 6.73. The summed E-state index contributed by atoms with van der Waals surface area (Å²) in [4.78, 5) is 12.2. The Morgan fingerprint density at radius 3 is 2.12 bits per heavy atom. The normalized spacial score (nSPS) is 11.1. The zero-order chi connectivity index (χ0) is 17.9. The first-order valence-corrected chi connectivity index (χ1v) is 8.93. The minimum atomic E-state index is -4.49. The molecule has 0 saturated carbocycles. The quantitative estimate of drug-likeness (QED) is 0.698. The van der Waals surface area contributed by atoms with Crippen LogP contribution in [0.3, 0.4) is 0 Å². The van der Waals surface area contributed by atoms with Gasteiger partial charge in [-0.1, -0.05) is 60.7 Å². The lowest BCUT2D eigenvalue weighted by Crippen LogP contribution is -2.16. The van der Waals surface area contributed by atoms with Crippen LogP contribution in [0, 0.1) is 0 Å². The highest BCUT2D eigenvalue weighted by Crippen LogP contribution is 2.28. The van der Waals surface area contributed by atoms with Crippen molar-refractivity contribution >= 4 is 21.7 Å². The van der Waals surface area contributed by atoms with Gasteiger partial charge < -0.3 is 5.32 Å². The van der Waals surface area contributed by atoms with Crippen LogP contribution in [0.15, 0.2) is 83.8 Å². The van der Waals surface area contributed by atoms with Crippen molar-refractivity contribution in [3.05, 3.63) is 84.4 Å². The van der Waals surface area contributed by atoms with E-state index in [0.717, 1.165) is 11.1 Å². The number of anilines is 1. The van der Waals surface area contributed by atoms with Crippen LogP contribution in [0.1, 0.15) is 10.4 Å². The molecule has 3 aromatic carbocycles. The van der Waals surface area contributed by atoms with E-state index < -0.39 is 20.9 Å². The Hall–Kier alpha value is -2.96. The molecule has 0 aliphatic rings. The molecule has 0 aromatic heterocycles. The zero-order valence-electron chi connectivity index (χ0n) is 13.1. The van der Waals surface area contributed by atoms with Crippen LogP contribution in [0.25, 0.3) is 11.1 Å². The molecule has 0 bridgehead atoms. The van der Waals surface area contributed by atoms with Crippen LogP contribution < -0.4 is 5.32 Å². The van der Waals surface area contributed by atoms with Crippen molar-refractivity contribution < 1.29 is 17.8 Å². The lowest BCUT2D eigenvalue weighted by molar-refractivity contribution is 0.102. The molecule has 5 nitrogen and oxygen atoms in total. The van der Waals surface area contributed by atoms with Gasteiger partial charge in [-0.15, -0.1) is 0 Å². The summed E-state index contributed by atoms with van der Waals surface area (Å²) in [5.74, 6) is -0.614. The lowest BCUT2D eigenvalue weighted by Gasteiger charge is -2.12. The number of hydrogen-bond acceptors (Lipinski definition) is 3. The molecule has 0 aliphatic heterocycles. The van der Waals surface area contributed by atoms with Gasteiger partial charge in [-0.2, -0.15) is 8.42 Å². The number of benzene rings is 3. The Morgan fingerprint density at radius 2 is 1.40 bits per heavy atom. The third-order valence-corrected chi connectivity index (χ3v) is 4.58. The largest absolute Gasteiger partial charge is 0.321 e. The maximum absolute atomic E-state index is 12.6. The molecule has 6 heteroatoms. The number of carbonyl (C=O) groups is 1. The van der Waals surface area contributed by atoms with Gasteiger partial charge in [0.15, 0.2) is 0 Å². The fourth-order valence-electron chi connectivity index (χ4n) is 2.53. The van der Waals surface area contributed by atoms with Crippen LogP contribution in [-0.4, -0.2) is 18.9 Å². The molecule has 25 heavy (non-hydrogen) atoms. The maximum atomic E-state index is 12.6. The predicted molar refractivity (Wildman–Crippen MR) is 96.1 cm³/mol. The SMILES string of the molecule is O=C(Nc1ccccc1-c1ccccc1)c1ccccc1S(=O)(=O)O. The number of para-hydroxylation sites is 1. The average molecular weight is 353 g/mol. The standard InChI is InChI=1S/C19H15NO4S/c21-19(16-11-5-7-13-18(16)25(22,23)24)20-17-12-6-4-10-15(17)14-8-2-1-3-9-14/h1-13H,(H,20,21)(H,22,23,24). The van der Waals surface area contributed by atoms with Gasteiger partial charge in [-0.25, -0.2) is 0 Å². The molecular formula is C19H15NO4S. The van der Waals surface area contributed by atoms with E-state index in [-0.39, 0.29) is 5.56 Å². The van der Waals surface area contributed by atoms with Gasteiger partial charge in [-0.3, -0.25) is 9.35 Å². The van der Waals surface area contributed by atoms with Crippen molar-refractivity contribution in [1.82, 2.24) is 0 Å². The monoisotopic (exact) mass is 353 g/mol. The molecule has 0 fully saturated rings. The van der Waals surface area contributed by atoms with Crippen molar-refractivity contribution in [2.45, 2.75) is 4.90 Å². The van der Waals surface area contributed by atoms with E-state index in [4.69, 9.17) is 0 Å². The first-order valence-electron chi connectivity index (χ1n) is 7.49. The molecule has 3 rings (SSSR count). The van der Waals surface area contributed by atoms with E-state index in [1.807, 2.05) is 42.5 Å². The van der Waals surface area contributed by atoms with Crippen molar-refractivity contribution in [2.75, 3.05) is 5.32 Å². The first-order chi connectivity index (χ1) is 12.0. The minimum absolute atomic E-state index is 0.118. The summed E-state index contributed by atoms with van der Waals surface area (Å²) in [6.45, 7) is 0. The van der Waals surface area contributed by atoms with Gasteiger partial charge in [0.1, 0.15) is 4.90 Å². The zero-order valence-corrected chi connectivity index (χ0v) is 13.9. The van der Waals surface area contributed by atoms with Crippen LogP contribution in [0.2, 0.25) is 0 Å². The molecule has 0 atom stereocenters. The van der Waals surface area contributed by atoms with Crippen LogP contribution in [0.5, 0.6) is 0 Å². The van der Waals surface area contributed by atoms with Crippen LogP contribution in [-0.2, 0) is 10.1 Å². The van der Waals surface area contributed by atoms with Crippen molar-refractivity contribution in [2.24, 2.45) is 0 Å². The molecule has 3 aromatic rings. The van der Waals surface area contributed by atoms with Gasteiger partial charge >= 0.3 is 0 Å². The first kappa shape index (κ1) is 16.9. The molecule has 2 N–H and O–H groups in total. The number of hydrogen-bond donors (Lipinski definition) is 2. The molecule has 0 saturated heterocycles. The molecule has 1 amide bonds. The van der Waals surface area contributed by atoms with E-state index in [1.54, 1.807) is 12.1 Å². The highest BCUT2D eigenvalue weighted by molar-refractivity contribution is 7.86. The van der Waals surface area contributed by atoms with Crippen molar-refractivity contribution in [1.29, 1.82) is 0 Å². The molecule has 0 aliphatic carbocycles. The number of amides is 1. The summed E-state index contributed by atoms with van der Waals surface area (Å²) in [7, 11) is -4.49. The van der Waals surface area contributed by atoms with E-state index >= 15 is 0 Å². The van der Waals surface area contributed by atoms with Gasteiger partial charge in [-0.05, 0) is 23.8 Å². The fourth-order valence-corrected chi connectivity index (χ4v) is 3.22. The van der Waals surface area contributed by atoms with Crippen molar-refractivity contribution in [3.8, 4) is 11.1 Å². The smallest absolute Gasteiger partial charge is 0.295 e. The maximum Gasteiger partial charge on any atom is 0.295 e. The molecular weight excluding hydrogens is 338 g/mol. The van der Waals surface area contributed by atoms with Gasteiger partial charge in [0.05, 0.1) is 5.56 Å². The summed E-state index contributed by atoms with van der Waals surface area (Å²) in [6, 6.07) is 22.2. The third-order valence-electron chi connectivity index (χ3n) is 3.67. The Bertz CT molecular complexity index is 1010. The van der Waals surface area contributed by atoms with E-state index in [0.29, 0.717) is 5.69 Å². The highest BCUT2D eigenvalue weighted by Gasteiger charge is 2.20. The Kier molecular flexibility index (Phi) is 4.65. The molecule has 0 unspecified atom stereocenters. The minimum Gasteiger partial charge on any atom is -0.321 e. The predicted octanol–water partition coefficient (Wildman–Crippen LogP) is 3.85. The second-order valence-electron chi connectivity index (χ2n) is 5.34. The second kappa shape index (κ2) is 6.88. The highest BCUT2D eigenvalue weighted by atomic mass is 32.2. The summed E-state index contributed by atoms with van der Waals surface area (Å²) in [6.07, 6.45) is 0. The Balaban J connectivity index is 1.99.